The molecule has 0 aliphatic carbocycles. The quantitative estimate of drug-likeness (QED) is 0.755. The van der Waals surface area contributed by atoms with Crippen molar-refractivity contribution in [3.05, 3.63) is 14.7 Å². The fourth-order valence-corrected chi connectivity index (χ4v) is 6.26. The minimum absolute atomic E-state index is 0.150. The molecule has 0 N–H and O–H groups in total. The van der Waals surface area contributed by atoms with Crippen molar-refractivity contribution in [1.82, 2.24) is 4.31 Å². The molecular weight excluding hydrogens is 366 g/mol. The zero-order chi connectivity index (χ0) is 14.9. The number of piperidine rings is 1. The molecule has 1 fully saturated rings. The Balaban J connectivity index is 2.34. The van der Waals surface area contributed by atoms with E-state index in [2.05, 4.69) is 20.7 Å². The predicted molar refractivity (Wildman–Crippen MR) is 80.5 cm³/mol. The van der Waals surface area contributed by atoms with Crippen LogP contribution in [0.1, 0.15) is 29.4 Å². The number of esters is 1. The van der Waals surface area contributed by atoms with Crippen molar-refractivity contribution in [2.24, 2.45) is 5.92 Å². The van der Waals surface area contributed by atoms with Crippen molar-refractivity contribution in [3.63, 3.8) is 0 Å². The molecule has 2 rings (SSSR count). The minimum Gasteiger partial charge on any atom is -0.465 e. The molecule has 0 bridgehead atoms. The van der Waals surface area contributed by atoms with Gasteiger partial charge in [-0.25, -0.2) is 13.2 Å². The molecule has 2 heterocycles. The molecular formula is C12H16BrNO4S2. The van der Waals surface area contributed by atoms with Crippen LogP contribution in [-0.4, -0.2) is 38.9 Å². The van der Waals surface area contributed by atoms with Crippen LogP contribution < -0.4 is 0 Å². The van der Waals surface area contributed by atoms with Gasteiger partial charge >= 0.3 is 5.97 Å². The number of carbonyl (C=O) groups is 1. The molecule has 1 aliphatic heterocycles. The standard InChI is InChI=1S/C12H16BrNO4S2/c1-8-4-3-5-14(7-8)20(16,17)10-6-9(12(15)18-2)19-11(10)13/h6,8H,3-5,7H2,1-2H3. The second kappa shape index (κ2) is 6.13. The van der Waals surface area contributed by atoms with E-state index in [0.717, 1.165) is 24.2 Å². The lowest BCUT2D eigenvalue weighted by Crippen LogP contribution is -2.39. The smallest absolute Gasteiger partial charge is 0.348 e. The Kier molecular flexibility index (Phi) is 4.88. The molecule has 0 aromatic carbocycles. The molecule has 1 aromatic heterocycles. The van der Waals surface area contributed by atoms with Gasteiger partial charge in [-0.1, -0.05) is 6.92 Å². The summed E-state index contributed by atoms with van der Waals surface area (Å²) in [5.74, 6) is -0.167. The van der Waals surface area contributed by atoms with E-state index in [1.54, 1.807) is 0 Å². The first kappa shape index (κ1) is 15.9. The van der Waals surface area contributed by atoms with E-state index < -0.39 is 16.0 Å². The van der Waals surface area contributed by atoms with Crippen LogP contribution in [0.3, 0.4) is 0 Å². The molecule has 1 atom stereocenters. The normalized spacial score (nSPS) is 20.9. The van der Waals surface area contributed by atoms with Crippen LogP contribution in [0.5, 0.6) is 0 Å². The number of methoxy groups -OCH3 is 1. The lowest BCUT2D eigenvalue weighted by atomic mass is 10.0. The number of ether oxygens (including phenoxy) is 1. The van der Waals surface area contributed by atoms with Crippen LogP contribution in [0.25, 0.3) is 0 Å². The number of sulfonamides is 1. The number of hydrogen-bond donors (Lipinski definition) is 0. The number of halogens is 1. The Morgan fingerprint density at radius 2 is 2.25 bits per heavy atom. The number of nitrogens with zero attached hydrogens (tertiary/aromatic N) is 1. The molecule has 5 nitrogen and oxygen atoms in total. The highest BCUT2D eigenvalue weighted by Crippen LogP contribution is 2.35. The van der Waals surface area contributed by atoms with Crippen LogP contribution in [0, 0.1) is 5.92 Å². The summed E-state index contributed by atoms with van der Waals surface area (Å²) in [7, 11) is -2.28. The SMILES string of the molecule is COC(=O)c1cc(S(=O)(=O)N2CCCC(C)C2)c(Br)s1. The van der Waals surface area contributed by atoms with Gasteiger partial charge in [0.1, 0.15) is 9.77 Å². The van der Waals surface area contributed by atoms with Crippen molar-refractivity contribution in [2.45, 2.75) is 24.7 Å². The van der Waals surface area contributed by atoms with Crippen LogP contribution in [0.2, 0.25) is 0 Å². The Labute approximate surface area is 131 Å². The minimum atomic E-state index is -3.56. The molecule has 112 valence electrons. The Bertz CT molecular complexity index is 611. The molecule has 1 unspecified atom stereocenters. The third-order valence-corrected chi connectivity index (χ3v) is 7.38. The van der Waals surface area contributed by atoms with Gasteiger partial charge in [0, 0.05) is 13.1 Å². The van der Waals surface area contributed by atoms with E-state index in [0.29, 0.717) is 22.8 Å². The molecule has 1 saturated heterocycles. The Morgan fingerprint density at radius 3 is 2.85 bits per heavy atom. The summed E-state index contributed by atoms with van der Waals surface area (Å²) in [6, 6.07) is 1.38. The van der Waals surface area contributed by atoms with E-state index in [4.69, 9.17) is 0 Å². The van der Waals surface area contributed by atoms with Gasteiger partial charge in [-0.05, 0) is 40.8 Å². The van der Waals surface area contributed by atoms with Gasteiger partial charge in [0.15, 0.2) is 0 Å². The number of thiophene rings is 1. The molecule has 0 amide bonds. The number of hydrogen-bond acceptors (Lipinski definition) is 5. The van der Waals surface area contributed by atoms with E-state index in [-0.39, 0.29) is 9.77 Å². The average Bonchev–Trinajstić information content (AvgIpc) is 2.80. The lowest BCUT2D eigenvalue weighted by Gasteiger charge is -2.29. The van der Waals surface area contributed by atoms with Crippen LogP contribution >= 0.6 is 27.3 Å². The van der Waals surface area contributed by atoms with E-state index in [1.807, 2.05) is 6.92 Å². The largest absolute Gasteiger partial charge is 0.465 e. The molecule has 0 spiro atoms. The highest BCUT2D eigenvalue weighted by atomic mass is 79.9. The Hall–Kier alpha value is -0.440. The van der Waals surface area contributed by atoms with Crippen molar-refractivity contribution < 1.29 is 17.9 Å². The molecule has 20 heavy (non-hydrogen) atoms. The number of rotatable bonds is 3. The summed E-state index contributed by atoms with van der Waals surface area (Å²) in [6.07, 6.45) is 1.91. The predicted octanol–water partition coefficient (Wildman–Crippen LogP) is 2.72. The van der Waals surface area contributed by atoms with Crippen molar-refractivity contribution >= 4 is 43.3 Å². The van der Waals surface area contributed by atoms with E-state index >= 15 is 0 Å². The molecule has 1 aromatic rings. The third-order valence-electron chi connectivity index (χ3n) is 3.28. The highest BCUT2D eigenvalue weighted by Gasteiger charge is 2.32. The van der Waals surface area contributed by atoms with Crippen molar-refractivity contribution in [1.29, 1.82) is 0 Å². The van der Waals surface area contributed by atoms with Gasteiger partial charge in [-0.2, -0.15) is 4.31 Å². The third kappa shape index (κ3) is 3.08. The first-order chi connectivity index (χ1) is 9.36. The topological polar surface area (TPSA) is 63.7 Å². The number of carbonyl (C=O) groups excluding carboxylic acids is 1. The zero-order valence-electron chi connectivity index (χ0n) is 11.3. The highest BCUT2D eigenvalue weighted by molar-refractivity contribution is 9.11. The zero-order valence-corrected chi connectivity index (χ0v) is 14.5. The summed E-state index contributed by atoms with van der Waals surface area (Å²) in [5, 5.41) is 0. The molecule has 0 radical (unpaired) electrons. The molecule has 0 saturated carbocycles. The fourth-order valence-electron chi connectivity index (χ4n) is 2.23. The molecule has 1 aliphatic rings. The summed E-state index contributed by atoms with van der Waals surface area (Å²) in [4.78, 5) is 11.9. The lowest BCUT2D eigenvalue weighted by molar-refractivity contribution is 0.0606. The van der Waals surface area contributed by atoms with Gasteiger partial charge < -0.3 is 4.74 Å². The van der Waals surface area contributed by atoms with E-state index in [1.165, 1.54) is 17.5 Å². The average molecular weight is 382 g/mol. The summed E-state index contributed by atoms with van der Waals surface area (Å²) < 4.78 is 31.8. The van der Waals surface area contributed by atoms with Gasteiger partial charge in [0.2, 0.25) is 10.0 Å². The van der Waals surface area contributed by atoms with Crippen molar-refractivity contribution in [2.75, 3.05) is 20.2 Å². The van der Waals surface area contributed by atoms with Gasteiger partial charge in [-0.15, -0.1) is 11.3 Å². The van der Waals surface area contributed by atoms with Crippen LogP contribution in [0.15, 0.2) is 14.7 Å². The van der Waals surface area contributed by atoms with Gasteiger partial charge in [0.25, 0.3) is 0 Å². The maximum absolute atomic E-state index is 12.6. The second-order valence-corrected chi connectivity index (χ2v) is 9.13. The van der Waals surface area contributed by atoms with Crippen LogP contribution in [0.4, 0.5) is 0 Å². The van der Waals surface area contributed by atoms with Crippen LogP contribution in [-0.2, 0) is 14.8 Å². The maximum Gasteiger partial charge on any atom is 0.348 e. The molecule has 8 heteroatoms. The fraction of sp³-hybridized carbons (Fsp3) is 0.583. The van der Waals surface area contributed by atoms with Gasteiger partial charge in [-0.3, -0.25) is 0 Å². The maximum atomic E-state index is 12.6. The first-order valence-electron chi connectivity index (χ1n) is 6.24. The summed E-state index contributed by atoms with van der Waals surface area (Å²) >= 11 is 4.31. The monoisotopic (exact) mass is 381 g/mol. The Morgan fingerprint density at radius 1 is 1.55 bits per heavy atom. The second-order valence-electron chi connectivity index (χ2n) is 4.85. The summed E-state index contributed by atoms with van der Waals surface area (Å²) in [5.41, 5.74) is 0. The van der Waals surface area contributed by atoms with E-state index in [9.17, 15) is 13.2 Å². The first-order valence-corrected chi connectivity index (χ1v) is 9.29. The van der Waals surface area contributed by atoms with Crippen molar-refractivity contribution in [3.8, 4) is 0 Å². The van der Waals surface area contributed by atoms with Gasteiger partial charge in [0.05, 0.1) is 10.9 Å². The summed E-state index contributed by atoms with van der Waals surface area (Å²) in [6.45, 7) is 3.10.